The van der Waals surface area contributed by atoms with Crippen LogP contribution in [0, 0.1) is 12.8 Å². The summed E-state index contributed by atoms with van der Waals surface area (Å²) in [5.74, 6) is 0.695. The Balaban J connectivity index is 1.63. The van der Waals surface area contributed by atoms with Gasteiger partial charge < -0.3 is 9.64 Å². The van der Waals surface area contributed by atoms with Gasteiger partial charge in [0, 0.05) is 39.3 Å². The molecule has 0 aromatic carbocycles. The number of amides is 1. The van der Waals surface area contributed by atoms with Gasteiger partial charge in [-0.1, -0.05) is 10.3 Å². The van der Waals surface area contributed by atoms with Crippen LogP contribution in [-0.2, 0) is 16.0 Å². The maximum absolute atomic E-state index is 12.6. The molecule has 22 heavy (non-hydrogen) atoms. The van der Waals surface area contributed by atoms with Gasteiger partial charge in [0.2, 0.25) is 5.91 Å². The third kappa shape index (κ3) is 3.30. The van der Waals surface area contributed by atoms with Crippen molar-refractivity contribution in [2.45, 2.75) is 32.2 Å². The first kappa shape index (κ1) is 15.4. The first-order valence-corrected chi connectivity index (χ1v) is 7.96. The lowest BCUT2D eigenvalue weighted by atomic mass is 9.95. The molecular formula is C15H24N4O3. The maximum atomic E-state index is 12.6. The number of carbonyl (C=O) groups is 1. The van der Waals surface area contributed by atoms with E-state index in [1.165, 1.54) is 12.8 Å². The Morgan fingerprint density at radius 2 is 2.18 bits per heavy atom. The minimum absolute atomic E-state index is 0.129. The monoisotopic (exact) mass is 308 g/mol. The summed E-state index contributed by atoms with van der Waals surface area (Å²) in [6.07, 6.45) is 2.66. The minimum Gasteiger partial charge on any atom is -0.383 e. The largest absolute Gasteiger partial charge is 0.383 e. The number of carbonyl (C=O) groups excluding carboxylic acids is 1. The smallest absolute Gasteiger partial charge is 0.228 e. The molecular weight excluding hydrogens is 284 g/mol. The average Bonchev–Trinajstić information content (AvgIpc) is 2.75. The number of aromatic nitrogens is 2. The number of hydrogen-bond donors (Lipinski definition) is 0. The molecule has 1 aromatic heterocycles. The van der Waals surface area contributed by atoms with Crippen LogP contribution in [0.4, 0.5) is 0 Å². The maximum Gasteiger partial charge on any atom is 0.228 e. The standard InChI is InChI=1S/C15H24N4O3/c1-11-14(17-22-16-11)7-15(20)19-9-12-3-4-13(10-19)18(8-12)5-6-21-2/h12-13H,3-10H2,1-2H3/t12-,13-/m1/s1. The second kappa shape index (κ2) is 6.75. The van der Waals surface area contributed by atoms with E-state index >= 15 is 0 Å². The highest BCUT2D eigenvalue weighted by Gasteiger charge is 2.36. The summed E-state index contributed by atoms with van der Waals surface area (Å²) in [4.78, 5) is 17.1. The van der Waals surface area contributed by atoms with Crippen LogP contribution in [-0.4, -0.2) is 72.0 Å². The van der Waals surface area contributed by atoms with Crippen molar-refractivity contribution in [2.24, 2.45) is 5.92 Å². The van der Waals surface area contributed by atoms with E-state index in [-0.39, 0.29) is 12.3 Å². The fourth-order valence-electron chi connectivity index (χ4n) is 3.53. The van der Waals surface area contributed by atoms with Crippen molar-refractivity contribution < 1.29 is 14.2 Å². The van der Waals surface area contributed by atoms with E-state index in [1.807, 2.05) is 11.8 Å². The van der Waals surface area contributed by atoms with Crippen LogP contribution in [0.2, 0.25) is 0 Å². The van der Waals surface area contributed by atoms with Gasteiger partial charge in [-0.3, -0.25) is 9.69 Å². The van der Waals surface area contributed by atoms with E-state index in [4.69, 9.17) is 4.74 Å². The molecule has 0 saturated carbocycles. The first-order valence-electron chi connectivity index (χ1n) is 7.96. The normalized spacial score (nSPS) is 25.5. The molecule has 0 aliphatic carbocycles. The number of piperidine rings is 1. The summed E-state index contributed by atoms with van der Waals surface area (Å²) >= 11 is 0. The molecule has 2 bridgehead atoms. The lowest BCUT2D eigenvalue weighted by Crippen LogP contribution is -2.45. The van der Waals surface area contributed by atoms with Crippen molar-refractivity contribution in [3.05, 3.63) is 11.4 Å². The second-order valence-electron chi connectivity index (χ2n) is 6.36. The summed E-state index contributed by atoms with van der Waals surface area (Å²) in [5.41, 5.74) is 1.35. The number of hydrogen-bond acceptors (Lipinski definition) is 6. The number of nitrogens with zero attached hydrogens (tertiary/aromatic N) is 4. The van der Waals surface area contributed by atoms with Crippen molar-refractivity contribution in [2.75, 3.05) is 39.9 Å². The van der Waals surface area contributed by atoms with Crippen LogP contribution in [0.5, 0.6) is 0 Å². The summed E-state index contributed by atoms with van der Waals surface area (Å²) in [6.45, 7) is 6.25. The van der Waals surface area contributed by atoms with Gasteiger partial charge in [-0.05, 0) is 25.7 Å². The molecule has 0 radical (unpaired) electrons. The summed E-state index contributed by atoms with van der Waals surface area (Å²) in [5, 5.41) is 7.57. The van der Waals surface area contributed by atoms with Crippen molar-refractivity contribution in [1.29, 1.82) is 0 Å². The molecule has 1 aromatic rings. The lowest BCUT2D eigenvalue weighted by Gasteiger charge is -2.35. The van der Waals surface area contributed by atoms with E-state index in [2.05, 4.69) is 19.8 Å². The van der Waals surface area contributed by atoms with Crippen LogP contribution < -0.4 is 0 Å². The molecule has 2 atom stereocenters. The Labute approximate surface area is 130 Å². The Kier molecular flexibility index (Phi) is 4.73. The van der Waals surface area contributed by atoms with E-state index in [1.54, 1.807) is 7.11 Å². The summed E-state index contributed by atoms with van der Waals surface area (Å²) in [7, 11) is 1.74. The molecule has 4 rings (SSSR count). The van der Waals surface area contributed by atoms with Gasteiger partial charge in [0.05, 0.1) is 13.0 Å². The topological polar surface area (TPSA) is 71.7 Å². The van der Waals surface area contributed by atoms with Gasteiger partial charge in [-0.2, -0.15) is 0 Å². The quantitative estimate of drug-likeness (QED) is 0.788. The lowest BCUT2D eigenvalue weighted by molar-refractivity contribution is -0.131. The van der Waals surface area contributed by atoms with E-state index < -0.39 is 0 Å². The molecule has 4 heterocycles. The van der Waals surface area contributed by atoms with E-state index in [0.29, 0.717) is 23.3 Å². The van der Waals surface area contributed by atoms with Gasteiger partial charge in [-0.25, -0.2) is 4.63 Å². The van der Waals surface area contributed by atoms with E-state index in [0.717, 1.165) is 32.8 Å². The fraction of sp³-hybridized carbons (Fsp3) is 0.800. The van der Waals surface area contributed by atoms with Crippen LogP contribution >= 0.6 is 0 Å². The first-order chi connectivity index (χ1) is 10.7. The van der Waals surface area contributed by atoms with Gasteiger partial charge in [0.15, 0.2) is 0 Å². The van der Waals surface area contributed by atoms with Gasteiger partial charge in [-0.15, -0.1) is 0 Å². The van der Waals surface area contributed by atoms with Crippen molar-refractivity contribution in [1.82, 2.24) is 20.1 Å². The zero-order valence-electron chi connectivity index (χ0n) is 13.3. The molecule has 3 saturated heterocycles. The third-order valence-electron chi connectivity index (χ3n) is 4.83. The zero-order chi connectivity index (χ0) is 15.5. The number of ether oxygens (including phenoxy) is 1. The third-order valence-corrected chi connectivity index (χ3v) is 4.83. The molecule has 3 aliphatic heterocycles. The molecule has 7 heteroatoms. The number of rotatable bonds is 5. The Bertz CT molecular complexity index is 519. The average molecular weight is 308 g/mol. The highest BCUT2D eigenvalue weighted by Crippen LogP contribution is 2.28. The van der Waals surface area contributed by atoms with Gasteiger partial charge in [0.1, 0.15) is 11.4 Å². The van der Waals surface area contributed by atoms with E-state index in [9.17, 15) is 4.79 Å². The Morgan fingerprint density at radius 3 is 2.91 bits per heavy atom. The molecule has 0 spiro atoms. The van der Waals surface area contributed by atoms with Crippen molar-refractivity contribution in [3.63, 3.8) is 0 Å². The molecule has 3 fully saturated rings. The second-order valence-corrected chi connectivity index (χ2v) is 6.36. The molecule has 7 nitrogen and oxygen atoms in total. The Morgan fingerprint density at radius 1 is 1.32 bits per heavy atom. The van der Waals surface area contributed by atoms with Crippen LogP contribution in [0.3, 0.4) is 0 Å². The van der Waals surface area contributed by atoms with Crippen LogP contribution in [0.15, 0.2) is 4.63 Å². The summed E-state index contributed by atoms with van der Waals surface area (Å²) in [6, 6.07) is 0.453. The minimum atomic E-state index is 0.129. The molecule has 122 valence electrons. The van der Waals surface area contributed by atoms with Gasteiger partial charge >= 0.3 is 0 Å². The highest BCUT2D eigenvalue weighted by molar-refractivity contribution is 5.78. The number of aryl methyl sites for hydroxylation is 1. The van der Waals surface area contributed by atoms with Gasteiger partial charge in [0.25, 0.3) is 0 Å². The zero-order valence-corrected chi connectivity index (χ0v) is 13.3. The fourth-order valence-corrected chi connectivity index (χ4v) is 3.53. The number of methoxy groups -OCH3 is 1. The molecule has 0 N–H and O–H groups in total. The van der Waals surface area contributed by atoms with Crippen molar-refractivity contribution >= 4 is 5.91 Å². The highest BCUT2D eigenvalue weighted by atomic mass is 16.6. The van der Waals surface area contributed by atoms with Crippen LogP contribution in [0.25, 0.3) is 0 Å². The predicted octanol–water partition coefficient (Wildman–Crippen LogP) is 0.490. The molecule has 1 amide bonds. The van der Waals surface area contributed by atoms with Crippen molar-refractivity contribution in [3.8, 4) is 0 Å². The molecule has 0 unspecified atom stereocenters. The number of fused-ring (bicyclic) bond motifs is 4. The SMILES string of the molecule is COCCN1C[C@H]2CC[C@@H]1CN(C(=O)Cc1nonc1C)C2. The predicted molar refractivity (Wildman–Crippen MR) is 79.3 cm³/mol. The van der Waals surface area contributed by atoms with Crippen LogP contribution in [0.1, 0.15) is 24.2 Å². The molecule has 3 aliphatic rings. The Hall–Kier alpha value is -1.47. The summed E-state index contributed by atoms with van der Waals surface area (Å²) < 4.78 is 9.88.